The van der Waals surface area contributed by atoms with E-state index in [1.807, 2.05) is 21.0 Å². The van der Waals surface area contributed by atoms with Crippen molar-refractivity contribution in [1.82, 2.24) is 0 Å². The maximum atomic E-state index is 13.9. The first-order valence-corrected chi connectivity index (χ1v) is 14.8. The fraction of sp³-hybridized carbons (Fsp3) is 0.606. The lowest BCUT2D eigenvalue weighted by molar-refractivity contribution is -0.185. The van der Waals surface area contributed by atoms with Crippen molar-refractivity contribution in [2.75, 3.05) is 38.9 Å². The van der Waals surface area contributed by atoms with E-state index in [-0.39, 0.29) is 31.0 Å². The Kier molecular flexibility index (Phi) is 8.08. The Morgan fingerprint density at radius 1 is 1.12 bits per heavy atom. The normalized spacial score (nSPS) is 32.2. The summed E-state index contributed by atoms with van der Waals surface area (Å²) in [5.41, 5.74) is 5.98. The minimum atomic E-state index is -1.18. The lowest BCUT2D eigenvalue weighted by Gasteiger charge is -2.55. The summed E-state index contributed by atoms with van der Waals surface area (Å²) in [4.78, 5) is 32.9. The van der Waals surface area contributed by atoms with Crippen molar-refractivity contribution < 1.29 is 24.2 Å². The monoisotopic (exact) mass is 548 g/mol. The number of carbonyl (C=O) groups is 2. The minimum Gasteiger partial charge on any atom is -0.451 e. The lowest BCUT2D eigenvalue weighted by atomic mass is 9.50. The number of carbonyl (C=O) groups excluding carboxylic acids is 2. The number of nitrogens with zero attached hydrogens (tertiary/aromatic N) is 2. The standard InChI is InChI=1S/C33H44N2O5/c1-6-39-19-30(38)33(40-21(2)37)16-15-29-27-13-9-23-17-24(34-20-36)10-14-26(23)31(27)28(18-32(29,33)3)22-7-11-25(12-8-22)35(4)5/h7-8,11-12,17,27-29,36H,6,9-10,13-16,18-20H2,1-5H3/t27?,28?,29?,32-,33-/m0/s1. The van der Waals surface area contributed by atoms with E-state index >= 15 is 0 Å². The van der Waals surface area contributed by atoms with Gasteiger partial charge in [-0.3, -0.25) is 14.6 Å². The molecule has 7 heteroatoms. The molecule has 4 aliphatic rings. The molecular formula is C33H44N2O5. The third-order valence-electron chi connectivity index (χ3n) is 10.2. The number of ketones is 1. The van der Waals surface area contributed by atoms with Crippen LogP contribution in [0.15, 0.2) is 52.1 Å². The van der Waals surface area contributed by atoms with Crippen LogP contribution in [0.1, 0.15) is 77.2 Å². The van der Waals surface area contributed by atoms with Gasteiger partial charge in [-0.25, -0.2) is 0 Å². The molecule has 1 N–H and O–H groups in total. The molecule has 0 amide bonds. The predicted molar refractivity (Wildman–Crippen MR) is 157 cm³/mol. The molecule has 0 spiro atoms. The van der Waals surface area contributed by atoms with Gasteiger partial charge in [0.05, 0.1) is 0 Å². The zero-order chi connectivity index (χ0) is 28.7. The van der Waals surface area contributed by atoms with Crippen molar-refractivity contribution in [2.24, 2.45) is 22.2 Å². The van der Waals surface area contributed by atoms with Crippen molar-refractivity contribution in [3.8, 4) is 0 Å². The van der Waals surface area contributed by atoms with E-state index in [0.717, 1.165) is 49.9 Å². The highest BCUT2D eigenvalue weighted by molar-refractivity contribution is 5.98. The van der Waals surface area contributed by atoms with Gasteiger partial charge in [0.15, 0.2) is 5.60 Å². The van der Waals surface area contributed by atoms with Gasteiger partial charge in [0.25, 0.3) is 0 Å². The number of rotatable bonds is 8. The van der Waals surface area contributed by atoms with Crippen molar-refractivity contribution in [3.05, 3.63) is 52.6 Å². The summed E-state index contributed by atoms with van der Waals surface area (Å²) >= 11 is 0. The molecule has 5 atom stereocenters. The topological polar surface area (TPSA) is 88.4 Å². The van der Waals surface area contributed by atoms with Crippen LogP contribution in [0.5, 0.6) is 0 Å². The van der Waals surface area contributed by atoms with E-state index in [9.17, 15) is 14.7 Å². The first kappa shape index (κ1) is 28.7. The van der Waals surface area contributed by atoms with E-state index in [2.05, 4.69) is 47.2 Å². The van der Waals surface area contributed by atoms with Gasteiger partial charge in [-0.1, -0.05) is 24.6 Å². The molecule has 216 valence electrons. The molecule has 0 aromatic heterocycles. The van der Waals surface area contributed by atoms with Gasteiger partial charge in [0, 0.05) is 50.4 Å². The highest BCUT2D eigenvalue weighted by atomic mass is 16.6. The molecule has 0 aliphatic heterocycles. The van der Waals surface area contributed by atoms with Crippen LogP contribution in [0.3, 0.4) is 0 Å². The number of esters is 1. The van der Waals surface area contributed by atoms with E-state index in [0.29, 0.717) is 18.9 Å². The highest BCUT2D eigenvalue weighted by Gasteiger charge is 2.68. The lowest BCUT2D eigenvalue weighted by Crippen LogP contribution is -2.58. The zero-order valence-corrected chi connectivity index (χ0v) is 24.7. The smallest absolute Gasteiger partial charge is 0.303 e. The second kappa shape index (κ2) is 11.2. The van der Waals surface area contributed by atoms with Gasteiger partial charge in [0.1, 0.15) is 13.3 Å². The van der Waals surface area contributed by atoms with Crippen molar-refractivity contribution in [2.45, 2.75) is 77.2 Å². The number of aliphatic imine (C=N–C) groups is 1. The number of allylic oxidation sites excluding steroid dienone is 4. The van der Waals surface area contributed by atoms with Gasteiger partial charge >= 0.3 is 5.97 Å². The van der Waals surface area contributed by atoms with Crippen LogP contribution in [0.25, 0.3) is 0 Å². The molecule has 0 saturated heterocycles. The molecule has 5 rings (SSSR count). The summed E-state index contributed by atoms with van der Waals surface area (Å²) in [6.07, 6.45) is 8.04. The minimum absolute atomic E-state index is 0.0350. The van der Waals surface area contributed by atoms with Gasteiger partial charge in [-0.2, -0.15) is 0 Å². The number of hydrogen-bond acceptors (Lipinski definition) is 7. The Labute approximate surface area is 238 Å². The third kappa shape index (κ3) is 4.75. The predicted octanol–water partition coefficient (Wildman–Crippen LogP) is 5.38. The number of anilines is 1. The summed E-state index contributed by atoms with van der Waals surface area (Å²) < 4.78 is 11.8. The van der Waals surface area contributed by atoms with Crippen molar-refractivity contribution in [3.63, 3.8) is 0 Å². The first-order chi connectivity index (χ1) is 19.1. The van der Waals surface area contributed by atoms with Gasteiger partial charge < -0.3 is 19.5 Å². The van der Waals surface area contributed by atoms with Crippen LogP contribution < -0.4 is 4.90 Å². The summed E-state index contributed by atoms with van der Waals surface area (Å²) in [5.74, 6) is 0.167. The molecular weight excluding hydrogens is 504 g/mol. The second-order valence-corrected chi connectivity index (χ2v) is 12.3. The number of fused-ring (bicyclic) bond motifs is 4. The molecule has 0 radical (unpaired) electrons. The molecule has 3 unspecified atom stereocenters. The summed E-state index contributed by atoms with van der Waals surface area (Å²) in [6, 6.07) is 8.81. The molecule has 1 aromatic carbocycles. The molecule has 2 saturated carbocycles. The average molecular weight is 549 g/mol. The second-order valence-electron chi connectivity index (χ2n) is 12.3. The largest absolute Gasteiger partial charge is 0.451 e. The quantitative estimate of drug-likeness (QED) is 0.439. The van der Waals surface area contributed by atoms with Crippen LogP contribution in [0, 0.1) is 17.3 Å². The number of benzene rings is 1. The van der Waals surface area contributed by atoms with Gasteiger partial charge in [0.2, 0.25) is 5.78 Å². The van der Waals surface area contributed by atoms with Crippen LogP contribution in [0.2, 0.25) is 0 Å². The number of aliphatic hydroxyl groups excluding tert-OH is 1. The fourth-order valence-corrected chi connectivity index (χ4v) is 8.42. The third-order valence-corrected chi connectivity index (χ3v) is 10.2. The van der Waals surface area contributed by atoms with Crippen LogP contribution >= 0.6 is 0 Å². The number of hydrogen-bond donors (Lipinski definition) is 1. The zero-order valence-electron chi connectivity index (χ0n) is 24.7. The number of ether oxygens (including phenoxy) is 2. The Morgan fingerprint density at radius 2 is 1.88 bits per heavy atom. The van der Waals surface area contributed by atoms with E-state index < -0.39 is 17.0 Å². The van der Waals surface area contributed by atoms with Gasteiger partial charge in [-0.05, 0) is 98.6 Å². The first-order valence-electron chi connectivity index (χ1n) is 14.8. The molecule has 1 aromatic rings. The fourth-order valence-electron chi connectivity index (χ4n) is 8.42. The maximum absolute atomic E-state index is 13.9. The Bertz CT molecular complexity index is 1250. The maximum Gasteiger partial charge on any atom is 0.303 e. The molecule has 4 aliphatic carbocycles. The van der Waals surface area contributed by atoms with Crippen LogP contribution in [0.4, 0.5) is 5.69 Å². The number of Topliss-reactive ketones (excluding diaryl/α,β-unsaturated/α-hetero) is 1. The summed E-state index contributed by atoms with van der Waals surface area (Å²) in [5, 5.41) is 9.39. The highest BCUT2D eigenvalue weighted by Crippen LogP contribution is 2.67. The molecule has 7 nitrogen and oxygen atoms in total. The Morgan fingerprint density at radius 3 is 2.52 bits per heavy atom. The molecule has 40 heavy (non-hydrogen) atoms. The van der Waals surface area contributed by atoms with Crippen LogP contribution in [-0.2, 0) is 19.1 Å². The SMILES string of the molecule is CCOCC(=O)[C@@]1(OC(C)=O)CCC2C3CCC4=CC(=NCO)CCC4=C3C(c3ccc(N(C)C)cc3)C[C@@]21C. The summed E-state index contributed by atoms with van der Waals surface area (Å²) in [7, 11) is 4.09. The van der Waals surface area contributed by atoms with Crippen LogP contribution in [-0.4, -0.2) is 62.2 Å². The van der Waals surface area contributed by atoms with E-state index in [1.54, 1.807) is 0 Å². The molecule has 2 fully saturated rings. The van der Waals surface area contributed by atoms with Gasteiger partial charge in [-0.15, -0.1) is 0 Å². The molecule has 0 heterocycles. The molecule has 0 bridgehead atoms. The van der Waals surface area contributed by atoms with Crippen molar-refractivity contribution in [1.29, 1.82) is 0 Å². The Hall–Kier alpha value is -2.77. The van der Waals surface area contributed by atoms with E-state index in [4.69, 9.17) is 9.47 Å². The Balaban J connectivity index is 1.66. The number of aliphatic hydroxyl groups is 1. The van der Waals surface area contributed by atoms with Crippen molar-refractivity contribution >= 4 is 23.2 Å². The average Bonchev–Trinajstić information content (AvgIpc) is 3.23. The summed E-state index contributed by atoms with van der Waals surface area (Å²) in [6.45, 7) is 5.74. The van der Waals surface area contributed by atoms with E-state index in [1.165, 1.54) is 29.2 Å².